The first-order chi connectivity index (χ1) is 8.58. The Hall–Kier alpha value is -1.84. The molecule has 0 spiro atoms. The lowest BCUT2D eigenvalue weighted by molar-refractivity contribution is -0.120. The van der Waals surface area contributed by atoms with Gasteiger partial charge in [0.05, 0.1) is 17.1 Å². The van der Waals surface area contributed by atoms with Gasteiger partial charge in [-0.05, 0) is 38.5 Å². The fraction of sp³-hybridized carbons (Fsp3) is 0.429. The fourth-order valence-corrected chi connectivity index (χ4v) is 2.29. The smallest absolute Gasteiger partial charge is 0.210 e. The third kappa shape index (κ3) is 1.98. The van der Waals surface area contributed by atoms with Gasteiger partial charge in [0.1, 0.15) is 5.82 Å². The molecule has 2 aromatic rings. The Balaban J connectivity index is 2.51. The Morgan fingerprint density at radius 1 is 1.50 bits per heavy atom. The van der Waals surface area contributed by atoms with Crippen LogP contribution in [0.1, 0.15) is 31.3 Å². The molecule has 0 fully saturated rings. The molecule has 1 heterocycles. The maximum Gasteiger partial charge on any atom is 0.210 e. The molecule has 0 saturated carbocycles. The molecule has 1 atom stereocenters. The SMILES string of the molecule is CCN(C=O)C(C)c1nc2cc(C)ccc2n1C. The zero-order valence-electron chi connectivity index (χ0n) is 11.3. The Labute approximate surface area is 107 Å². The summed E-state index contributed by atoms with van der Waals surface area (Å²) in [6, 6.07) is 6.22. The highest BCUT2D eigenvalue weighted by Gasteiger charge is 2.18. The molecule has 0 radical (unpaired) electrons. The number of imidazole rings is 1. The van der Waals surface area contributed by atoms with Crippen LogP contribution in [0.3, 0.4) is 0 Å². The van der Waals surface area contributed by atoms with E-state index in [0.29, 0.717) is 6.54 Å². The van der Waals surface area contributed by atoms with Gasteiger partial charge in [-0.2, -0.15) is 0 Å². The van der Waals surface area contributed by atoms with E-state index in [4.69, 9.17) is 0 Å². The van der Waals surface area contributed by atoms with Crippen LogP contribution >= 0.6 is 0 Å². The van der Waals surface area contributed by atoms with Gasteiger partial charge in [0.15, 0.2) is 0 Å². The number of amides is 1. The Kier molecular flexibility index (Phi) is 3.36. The molecule has 0 saturated heterocycles. The van der Waals surface area contributed by atoms with Crippen molar-refractivity contribution in [3.63, 3.8) is 0 Å². The summed E-state index contributed by atoms with van der Waals surface area (Å²) in [5, 5.41) is 0. The number of aromatic nitrogens is 2. The first-order valence-corrected chi connectivity index (χ1v) is 6.22. The van der Waals surface area contributed by atoms with Gasteiger partial charge >= 0.3 is 0 Å². The van der Waals surface area contributed by atoms with E-state index in [9.17, 15) is 4.79 Å². The number of rotatable bonds is 4. The number of aryl methyl sites for hydroxylation is 2. The highest BCUT2D eigenvalue weighted by atomic mass is 16.1. The number of benzene rings is 1. The highest BCUT2D eigenvalue weighted by Crippen LogP contribution is 2.23. The predicted octanol–water partition coefficient (Wildman–Crippen LogP) is 2.42. The van der Waals surface area contributed by atoms with E-state index < -0.39 is 0 Å². The quantitative estimate of drug-likeness (QED) is 0.776. The summed E-state index contributed by atoms with van der Waals surface area (Å²) in [6.07, 6.45) is 0.884. The summed E-state index contributed by atoms with van der Waals surface area (Å²) in [4.78, 5) is 17.4. The topological polar surface area (TPSA) is 38.1 Å². The van der Waals surface area contributed by atoms with E-state index in [1.54, 1.807) is 4.90 Å². The zero-order chi connectivity index (χ0) is 13.3. The molecular formula is C14H19N3O. The number of carbonyl (C=O) groups is 1. The monoisotopic (exact) mass is 245 g/mol. The minimum atomic E-state index is -0.00907. The van der Waals surface area contributed by atoms with Gasteiger partial charge in [-0.25, -0.2) is 4.98 Å². The Morgan fingerprint density at radius 2 is 2.22 bits per heavy atom. The van der Waals surface area contributed by atoms with Crippen molar-refractivity contribution in [1.82, 2.24) is 14.5 Å². The van der Waals surface area contributed by atoms with E-state index in [0.717, 1.165) is 23.3 Å². The molecule has 0 aliphatic carbocycles. The molecule has 2 rings (SSSR count). The lowest BCUT2D eigenvalue weighted by atomic mass is 10.2. The molecular weight excluding hydrogens is 226 g/mol. The molecule has 96 valence electrons. The van der Waals surface area contributed by atoms with Crippen LogP contribution in [0.4, 0.5) is 0 Å². The molecule has 0 aliphatic rings. The molecule has 0 bridgehead atoms. The second kappa shape index (κ2) is 4.80. The van der Waals surface area contributed by atoms with Crippen molar-refractivity contribution in [1.29, 1.82) is 0 Å². The number of hydrogen-bond donors (Lipinski definition) is 0. The third-order valence-electron chi connectivity index (χ3n) is 3.44. The number of fused-ring (bicyclic) bond motifs is 1. The fourth-order valence-electron chi connectivity index (χ4n) is 2.29. The van der Waals surface area contributed by atoms with E-state index in [-0.39, 0.29) is 6.04 Å². The maximum atomic E-state index is 11.0. The van der Waals surface area contributed by atoms with Gasteiger partial charge in [0.25, 0.3) is 0 Å². The van der Waals surface area contributed by atoms with Crippen molar-refractivity contribution in [2.45, 2.75) is 26.8 Å². The Bertz CT molecular complexity index is 574. The van der Waals surface area contributed by atoms with Gasteiger partial charge in [-0.3, -0.25) is 4.79 Å². The average Bonchev–Trinajstić information content (AvgIpc) is 2.67. The summed E-state index contributed by atoms with van der Waals surface area (Å²) in [6.45, 7) is 6.72. The van der Waals surface area contributed by atoms with E-state index in [2.05, 4.69) is 34.7 Å². The predicted molar refractivity (Wildman–Crippen MR) is 72.3 cm³/mol. The standard InChI is InChI=1S/C14H19N3O/c1-5-17(9-18)11(3)14-15-12-8-10(2)6-7-13(12)16(14)4/h6-9,11H,5H2,1-4H3. The number of nitrogens with zero attached hydrogens (tertiary/aromatic N) is 3. The molecule has 0 N–H and O–H groups in total. The third-order valence-corrected chi connectivity index (χ3v) is 3.44. The van der Waals surface area contributed by atoms with Crippen LogP contribution in [-0.2, 0) is 11.8 Å². The van der Waals surface area contributed by atoms with Crippen LogP contribution in [0.2, 0.25) is 0 Å². The largest absolute Gasteiger partial charge is 0.336 e. The second-order valence-corrected chi connectivity index (χ2v) is 4.63. The lowest BCUT2D eigenvalue weighted by Gasteiger charge is -2.22. The summed E-state index contributed by atoms with van der Waals surface area (Å²) < 4.78 is 2.06. The molecule has 0 aliphatic heterocycles. The molecule has 4 heteroatoms. The normalized spacial score (nSPS) is 12.7. The van der Waals surface area contributed by atoms with Crippen LogP contribution in [0, 0.1) is 6.92 Å². The van der Waals surface area contributed by atoms with Gasteiger partial charge in [-0.15, -0.1) is 0 Å². The Morgan fingerprint density at radius 3 is 2.83 bits per heavy atom. The lowest BCUT2D eigenvalue weighted by Crippen LogP contribution is -2.27. The van der Waals surface area contributed by atoms with Gasteiger partial charge in [0.2, 0.25) is 6.41 Å². The van der Waals surface area contributed by atoms with Crippen molar-refractivity contribution >= 4 is 17.4 Å². The average molecular weight is 245 g/mol. The van der Waals surface area contributed by atoms with Crippen molar-refractivity contribution in [3.05, 3.63) is 29.6 Å². The summed E-state index contributed by atoms with van der Waals surface area (Å²) >= 11 is 0. The van der Waals surface area contributed by atoms with Gasteiger partial charge < -0.3 is 9.47 Å². The van der Waals surface area contributed by atoms with Crippen LogP contribution in [-0.4, -0.2) is 27.4 Å². The highest BCUT2D eigenvalue weighted by molar-refractivity contribution is 5.77. The van der Waals surface area contributed by atoms with Crippen LogP contribution in [0.25, 0.3) is 11.0 Å². The van der Waals surface area contributed by atoms with Crippen molar-refractivity contribution < 1.29 is 4.79 Å². The molecule has 4 nitrogen and oxygen atoms in total. The molecule has 1 unspecified atom stereocenters. The molecule has 1 amide bonds. The van der Waals surface area contributed by atoms with E-state index >= 15 is 0 Å². The van der Waals surface area contributed by atoms with Crippen LogP contribution < -0.4 is 0 Å². The summed E-state index contributed by atoms with van der Waals surface area (Å²) in [5.74, 6) is 0.921. The van der Waals surface area contributed by atoms with E-state index in [1.807, 2.05) is 20.9 Å². The molecule has 18 heavy (non-hydrogen) atoms. The van der Waals surface area contributed by atoms with Gasteiger partial charge in [-0.1, -0.05) is 6.07 Å². The zero-order valence-corrected chi connectivity index (χ0v) is 11.3. The first kappa shape index (κ1) is 12.6. The van der Waals surface area contributed by atoms with Crippen molar-refractivity contribution in [3.8, 4) is 0 Å². The summed E-state index contributed by atoms with van der Waals surface area (Å²) in [7, 11) is 2.00. The molecule has 1 aromatic carbocycles. The maximum absolute atomic E-state index is 11.0. The number of hydrogen-bond acceptors (Lipinski definition) is 2. The molecule has 1 aromatic heterocycles. The van der Waals surface area contributed by atoms with E-state index in [1.165, 1.54) is 5.56 Å². The van der Waals surface area contributed by atoms with Crippen molar-refractivity contribution in [2.75, 3.05) is 6.54 Å². The van der Waals surface area contributed by atoms with Gasteiger partial charge in [0, 0.05) is 13.6 Å². The first-order valence-electron chi connectivity index (χ1n) is 6.22. The van der Waals surface area contributed by atoms with Crippen LogP contribution in [0.5, 0.6) is 0 Å². The van der Waals surface area contributed by atoms with Crippen molar-refractivity contribution in [2.24, 2.45) is 7.05 Å². The summed E-state index contributed by atoms with van der Waals surface area (Å²) in [5.41, 5.74) is 3.29. The second-order valence-electron chi connectivity index (χ2n) is 4.63. The minimum absolute atomic E-state index is 0.00907. The number of carbonyl (C=O) groups excluding carboxylic acids is 1. The van der Waals surface area contributed by atoms with Crippen LogP contribution in [0.15, 0.2) is 18.2 Å². The minimum Gasteiger partial charge on any atom is -0.336 e.